The van der Waals surface area contributed by atoms with E-state index in [1.165, 1.54) is 16.6 Å². The van der Waals surface area contributed by atoms with Gasteiger partial charge in [0.2, 0.25) is 0 Å². The van der Waals surface area contributed by atoms with E-state index in [0.717, 1.165) is 12.1 Å². The molecular weight excluding hydrogens is 182 g/mol. The van der Waals surface area contributed by atoms with Crippen LogP contribution in [-0.4, -0.2) is 4.57 Å². The Morgan fingerprint density at radius 2 is 2.13 bits per heavy atom. The van der Waals surface area contributed by atoms with Gasteiger partial charge in [-0.3, -0.25) is 0 Å². The average Bonchev–Trinajstić information content (AvgIpc) is 2.58. The lowest BCUT2D eigenvalue weighted by molar-refractivity contribution is 0.850. The fraction of sp³-hybridized carbons (Fsp3) is 0.143. The van der Waals surface area contributed by atoms with E-state index in [9.17, 15) is 0 Å². The predicted molar refractivity (Wildman–Crippen MR) is 66.8 cm³/mol. The summed E-state index contributed by atoms with van der Waals surface area (Å²) in [5.41, 5.74) is 3.53. The summed E-state index contributed by atoms with van der Waals surface area (Å²) in [5, 5.41) is 1.26. The number of benzene rings is 1. The van der Waals surface area contributed by atoms with E-state index in [0.29, 0.717) is 0 Å². The molecule has 2 aromatic rings. The third kappa shape index (κ3) is 1.61. The van der Waals surface area contributed by atoms with Crippen molar-refractivity contribution in [2.24, 2.45) is 0 Å². The van der Waals surface area contributed by atoms with Crippen LogP contribution in [0.25, 0.3) is 16.5 Å². The fourth-order valence-corrected chi connectivity index (χ4v) is 1.89. The lowest BCUT2D eigenvalue weighted by Crippen LogP contribution is -1.98. The van der Waals surface area contributed by atoms with Crippen molar-refractivity contribution in [2.75, 3.05) is 0 Å². The molecule has 1 nitrogen and oxygen atoms in total. The van der Waals surface area contributed by atoms with Crippen molar-refractivity contribution in [1.82, 2.24) is 4.57 Å². The molecule has 0 unspecified atom stereocenters. The summed E-state index contributed by atoms with van der Waals surface area (Å²) in [6.45, 7) is 10.7. The highest BCUT2D eigenvalue weighted by atomic mass is 15.0. The molecule has 1 aromatic carbocycles. The molecule has 0 bridgehead atoms. The first kappa shape index (κ1) is 9.78. The number of nitrogens with zero attached hydrogens (tertiary/aromatic N) is 1. The van der Waals surface area contributed by atoms with Crippen LogP contribution in [0.5, 0.6) is 0 Å². The van der Waals surface area contributed by atoms with Crippen molar-refractivity contribution < 1.29 is 0 Å². The van der Waals surface area contributed by atoms with Crippen molar-refractivity contribution in [3.8, 4) is 0 Å². The summed E-state index contributed by atoms with van der Waals surface area (Å²) >= 11 is 0. The van der Waals surface area contributed by atoms with Crippen molar-refractivity contribution in [3.63, 3.8) is 0 Å². The molecule has 15 heavy (non-hydrogen) atoms. The first-order chi connectivity index (χ1) is 7.24. The van der Waals surface area contributed by atoms with Gasteiger partial charge in [-0.1, -0.05) is 30.9 Å². The summed E-state index contributed by atoms with van der Waals surface area (Å²) in [4.78, 5) is 0. The summed E-state index contributed by atoms with van der Waals surface area (Å²) in [6, 6.07) is 10.6. The molecule has 1 aromatic heterocycles. The Labute approximate surface area is 90.3 Å². The van der Waals surface area contributed by atoms with Crippen molar-refractivity contribution in [3.05, 3.63) is 55.3 Å². The molecule has 1 heterocycles. The largest absolute Gasteiger partial charge is 0.337 e. The van der Waals surface area contributed by atoms with Crippen LogP contribution in [0.3, 0.4) is 0 Å². The van der Waals surface area contributed by atoms with Crippen LogP contribution < -0.4 is 0 Å². The molecule has 0 amide bonds. The highest BCUT2D eigenvalue weighted by Crippen LogP contribution is 2.23. The van der Waals surface area contributed by atoms with Crippen LogP contribution >= 0.6 is 0 Å². The van der Waals surface area contributed by atoms with E-state index in [1.54, 1.807) is 0 Å². The van der Waals surface area contributed by atoms with Gasteiger partial charge in [0, 0.05) is 23.1 Å². The van der Waals surface area contributed by atoms with Gasteiger partial charge in [-0.15, -0.1) is 6.58 Å². The summed E-state index contributed by atoms with van der Waals surface area (Å²) in [6.07, 6.45) is 1.92. The second-order valence-electron chi connectivity index (χ2n) is 3.77. The highest BCUT2D eigenvalue weighted by Gasteiger charge is 2.06. The highest BCUT2D eigenvalue weighted by molar-refractivity contribution is 5.85. The number of rotatable bonds is 3. The van der Waals surface area contributed by atoms with Gasteiger partial charge in [-0.05, 0) is 24.6 Å². The Hall–Kier alpha value is -1.76. The van der Waals surface area contributed by atoms with Crippen molar-refractivity contribution >= 4 is 16.5 Å². The normalized spacial score (nSPS) is 10.5. The SMILES string of the molecule is C=CCn1c(C(=C)C)cc2ccccc21. The average molecular weight is 197 g/mol. The van der Waals surface area contributed by atoms with Crippen molar-refractivity contribution in [2.45, 2.75) is 13.5 Å². The number of fused-ring (bicyclic) bond motifs is 1. The molecule has 2 rings (SSSR count). The Bertz CT molecular complexity index is 517. The molecule has 1 heteroatoms. The quantitative estimate of drug-likeness (QED) is 0.658. The molecule has 0 radical (unpaired) electrons. The zero-order chi connectivity index (χ0) is 10.8. The second-order valence-corrected chi connectivity index (χ2v) is 3.77. The number of hydrogen-bond donors (Lipinski definition) is 0. The van der Waals surface area contributed by atoms with Crippen LogP contribution in [0.4, 0.5) is 0 Å². The van der Waals surface area contributed by atoms with Gasteiger partial charge < -0.3 is 4.57 Å². The van der Waals surface area contributed by atoms with E-state index in [1.807, 2.05) is 13.0 Å². The summed E-state index contributed by atoms with van der Waals surface area (Å²) < 4.78 is 2.24. The van der Waals surface area contributed by atoms with E-state index >= 15 is 0 Å². The first-order valence-corrected chi connectivity index (χ1v) is 5.09. The standard InChI is InChI=1S/C14H15N/c1-4-9-15-13-8-6-5-7-12(13)10-14(15)11(2)3/h4-8,10H,1-2,9H2,3H3. The zero-order valence-electron chi connectivity index (χ0n) is 9.03. The van der Waals surface area contributed by atoms with Crippen LogP contribution in [-0.2, 0) is 6.54 Å². The molecule has 76 valence electrons. The van der Waals surface area contributed by atoms with Gasteiger partial charge in [0.05, 0.1) is 0 Å². The Balaban J connectivity index is 2.73. The lowest BCUT2D eigenvalue weighted by Gasteiger charge is -2.07. The van der Waals surface area contributed by atoms with Crippen LogP contribution in [0, 0.1) is 0 Å². The number of hydrogen-bond acceptors (Lipinski definition) is 0. The molecular formula is C14H15N. The van der Waals surface area contributed by atoms with Gasteiger partial charge in [0.25, 0.3) is 0 Å². The molecule has 0 spiro atoms. The lowest BCUT2D eigenvalue weighted by atomic mass is 10.2. The van der Waals surface area contributed by atoms with Gasteiger partial charge >= 0.3 is 0 Å². The Morgan fingerprint density at radius 1 is 1.40 bits per heavy atom. The minimum atomic E-state index is 0.829. The summed E-state index contributed by atoms with van der Waals surface area (Å²) in [7, 11) is 0. The summed E-state index contributed by atoms with van der Waals surface area (Å²) in [5.74, 6) is 0. The topological polar surface area (TPSA) is 4.93 Å². The minimum absolute atomic E-state index is 0.829. The van der Waals surface area contributed by atoms with Gasteiger partial charge in [0.1, 0.15) is 0 Å². The third-order valence-electron chi connectivity index (χ3n) is 2.56. The molecule has 0 aliphatic carbocycles. The van der Waals surface area contributed by atoms with Crippen LogP contribution in [0.1, 0.15) is 12.6 Å². The fourth-order valence-electron chi connectivity index (χ4n) is 1.89. The van der Waals surface area contributed by atoms with E-state index < -0.39 is 0 Å². The molecule has 0 atom stereocenters. The molecule has 0 aliphatic heterocycles. The maximum atomic E-state index is 4.01. The van der Waals surface area contributed by atoms with E-state index in [-0.39, 0.29) is 0 Å². The molecule has 0 saturated carbocycles. The molecule has 0 fully saturated rings. The maximum absolute atomic E-state index is 4.01. The van der Waals surface area contributed by atoms with Gasteiger partial charge in [-0.25, -0.2) is 0 Å². The molecule has 0 N–H and O–H groups in total. The number of para-hydroxylation sites is 1. The second kappa shape index (κ2) is 3.77. The molecule has 0 saturated heterocycles. The van der Waals surface area contributed by atoms with Crippen LogP contribution in [0.15, 0.2) is 49.6 Å². The molecule has 0 aliphatic rings. The Kier molecular flexibility index (Phi) is 2.46. The van der Waals surface area contributed by atoms with Gasteiger partial charge in [-0.2, -0.15) is 0 Å². The maximum Gasteiger partial charge on any atom is 0.0488 e. The zero-order valence-corrected chi connectivity index (χ0v) is 9.03. The monoisotopic (exact) mass is 197 g/mol. The smallest absolute Gasteiger partial charge is 0.0488 e. The minimum Gasteiger partial charge on any atom is -0.337 e. The van der Waals surface area contributed by atoms with Crippen LogP contribution in [0.2, 0.25) is 0 Å². The predicted octanol–water partition coefficient (Wildman–Crippen LogP) is 3.86. The Morgan fingerprint density at radius 3 is 2.80 bits per heavy atom. The van der Waals surface area contributed by atoms with E-state index in [2.05, 4.69) is 48.1 Å². The van der Waals surface area contributed by atoms with Crippen molar-refractivity contribution in [1.29, 1.82) is 0 Å². The third-order valence-corrected chi connectivity index (χ3v) is 2.56. The number of aromatic nitrogens is 1. The first-order valence-electron chi connectivity index (χ1n) is 5.09. The van der Waals surface area contributed by atoms with Gasteiger partial charge in [0.15, 0.2) is 0 Å². The van der Waals surface area contributed by atoms with E-state index in [4.69, 9.17) is 0 Å². The number of allylic oxidation sites excluding steroid dienone is 2.